The molecule has 43 heavy (non-hydrogen) atoms. The zero-order valence-corrected chi connectivity index (χ0v) is 25.9. The second-order valence-electron chi connectivity index (χ2n) is 8.34. The van der Waals surface area contributed by atoms with Crippen molar-refractivity contribution in [1.29, 1.82) is 0 Å². The molecule has 0 aliphatic rings. The number of halogens is 2. The van der Waals surface area contributed by atoms with E-state index in [1.807, 2.05) is 0 Å². The van der Waals surface area contributed by atoms with Crippen molar-refractivity contribution in [3.05, 3.63) is 0 Å². The van der Waals surface area contributed by atoms with Crippen molar-refractivity contribution in [1.82, 2.24) is 0 Å². The lowest BCUT2D eigenvalue weighted by Gasteiger charge is -2.09. The molecule has 0 N–H and O–H groups in total. The van der Waals surface area contributed by atoms with Crippen molar-refractivity contribution in [3.63, 3.8) is 0 Å². The molecule has 0 heterocycles. The predicted molar refractivity (Wildman–Crippen MR) is 153 cm³/mol. The molecule has 0 rings (SSSR count). The fourth-order valence-corrected chi connectivity index (χ4v) is 2.85. The third-order valence-electron chi connectivity index (χ3n) is 4.91. The van der Waals surface area contributed by atoms with E-state index in [1.165, 1.54) is 0 Å². The topological polar surface area (TPSA) is 120 Å². The van der Waals surface area contributed by atoms with Crippen LogP contribution in [0.5, 0.6) is 0 Å². The molecule has 0 aromatic rings. The lowest BCUT2D eigenvalue weighted by molar-refractivity contribution is -0.0291. The van der Waals surface area contributed by atoms with E-state index in [1.54, 1.807) is 0 Å². The molecule has 0 atom stereocenters. The van der Waals surface area contributed by atoms with Gasteiger partial charge in [0, 0.05) is 0 Å². The van der Waals surface area contributed by atoms with Crippen molar-refractivity contribution in [2.45, 2.75) is 0 Å². The molecule has 0 saturated heterocycles. The zero-order valence-electron chi connectivity index (χ0n) is 25.9. The number of hydrogen-bond acceptors (Lipinski definition) is 13. The Hall–Kier alpha value is -0.660. The van der Waals surface area contributed by atoms with Gasteiger partial charge < -0.3 is 61.6 Å². The van der Waals surface area contributed by atoms with Crippen LogP contribution >= 0.6 is 0 Å². The van der Waals surface area contributed by atoms with Crippen LogP contribution in [0, 0.1) is 0 Å². The minimum Gasteiger partial charge on any atom is -0.377 e. The average Bonchev–Trinajstić information content (AvgIpc) is 3.02. The second kappa shape index (κ2) is 41.3. The van der Waals surface area contributed by atoms with Crippen LogP contribution in [-0.2, 0) is 61.6 Å². The standard InChI is InChI=1S/C28H56F2O13/c29-1-3-31-5-7-33-9-11-35-13-15-37-17-19-39-21-23-41-25-27-43-28-26-42-24-22-40-20-18-38-16-14-36-12-10-34-8-6-32-4-2-30/h1-28H2. The third kappa shape index (κ3) is 41.3. The molecule has 15 heteroatoms. The Morgan fingerprint density at radius 2 is 0.256 bits per heavy atom. The van der Waals surface area contributed by atoms with E-state index in [2.05, 4.69) is 0 Å². The first-order valence-corrected chi connectivity index (χ1v) is 15.0. The maximum atomic E-state index is 11.8. The highest BCUT2D eigenvalue weighted by atomic mass is 19.1. The average molecular weight is 639 g/mol. The van der Waals surface area contributed by atoms with E-state index >= 15 is 0 Å². The fraction of sp³-hybridized carbons (Fsp3) is 1.00. The Balaban J connectivity index is 3.02. The molecule has 0 amide bonds. The minimum absolute atomic E-state index is 0.110. The van der Waals surface area contributed by atoms with Gasteiger partial charge in [0.25, 0.3) is 0 Å². The predicted octanol–water partition coefficient (Wildman–Crippen LogP) is 1.14. The number of alkyl halides is 2. The number of ether oxygens (including phenoxy) is 13. The highest BCUT2D eigenvalue weighted by Crippen LogP contribution is 1.87. The lowest BCUT2D eigenvalue weighted by Crippen LogP contribution is -2.15. The summed E-state index contributed by atoms with van der Waals surface area (Å²) in [4.78, 5) is 0. The van der Waals surface area contributed by atoms with Crippen molar-refractivity contribution >= 4 is 0 Å². The third-order valence-corrected chi connectivity index (χ3v) is 4.91. The maximum absolute atomic E-state index is 11.8. The fourth-order valence-electron chi connectivity index (χ4n) is 2.85. The Bertz CT molecular complexity index is 448. The molecule has 0 aromatic heterocycles. The molecule has 0 bridgehead atoms. The lowest BCUT2D eigenvalue weighted by atomic mass is 10.6. The van der Waals surface area contributed by atoms with Gasteiger partial charge in [0.1, 0.15) is 13.3 Å². The Morgan fingerprint density at radius 1 is 0.163 bits per heavy atom. The van der Waals surface area contributed by atoms with E-state index in [9.17, 15) is 8.78 Å². The maximum Gasteiger partial charge on any atom is 0.113 e. The minimum atomic E-state index is -0.478. The van der Waals surface area contributed by atoms with Gasteiger partial charge in [0.15, 0.2) is 0 Å². The molecular weight excluding hydrogens is 582 g/mol. The van der Waals surface area contributed by atoms with Crippen molar-refractivity contribution in [2.75, 3.05) is 185 Å². The molecule has 0 spiro atoms. The first-order valence-electron chi connectivity index (χ1n) is 15.0. The molecule has 0 saturated carbocycles. The molecule has 13 nitrogen and oxygen atoms in total. The van der Waals surface area contributed by atoms with Crippen LogP contribution in [0.15, 0.2) is 0 Å². The Morgan fingerprint density at radius 3 is 0.349 bits per heavy atom. The molecule has 0 aromatic carbocycles. The molecular formula is C28H56F2O13. The highest BCUT2D eigenvalue weighted by molar-refractivity contribution is 4.39. The molecule has 0 aliphatic carbocycles. The summed E-state index contributed by atoms with van der Waals surface area (Å²) in [5, 5.41) is 0. The van der Waals surface area contributed by atoms with Gasteiger partial charge in [-0.3, -0.25) is 0 Å². The Kier molecular flexibility index (Phi) is 40.7. The number of hydrogen-bond donors (Lipinski definition) is 0. The molecule has 260 valence electrons. The second-order valence-corrected chi connectivity index (χ2v) is 8.34. The van der Waals surface area contributed by atoms with Crippen molar-refractivity contribution < 1.29 is 70.4 Å². The summed E-state index contributed by atoms with van der Waals surface area (Å²) in [7, 11) is 0. The molecule has 0 fully saturated rings. The summed E-state index contributed by atoms with van der Waals surface area (Å²) < 4.78 is 92.9. The van der Waals surface area contributed by atoms with Crippen LogP contribution in [0.3, 0.4) is 0 Å². The normalized spacial score (nSPS) is 11.6. The molecule has 0 radical (unpaired) electrons. The van der Waals surface area contributed by atoms with Gasteiger partial charge in [0.05, 0.1) is 172 Å². The van der Waals surface area contributed by atoms with Crippen LogP contribution < -0.4 is 0 Å². The van der Waals surface area contributed by atoms with Gasteiger partial charge in [-0.2, -0.15) is 0 Å². The van der Waals surface area contributed by atoms with E-state index in [0.717, 1.165) is 0 Å². The molecule has 0 unspecified atom stereocenters. The summed E-state index contributed by atoms with van der Waals surface area (Å²) >= 11 is 0. The van der Waals surface area contributed by atoms with Crippen LogP contribution in [0.2, 0.25) is 0 Å². The number of rotatable bonds is 40. The van der Waals surface area contributed by atoms with Crippen molar-refractivity contribution in [3.8, 4) is 0 Å². The van der Waals surface area contributed by atoms with Crippen LogP contribution in [0.1, 0.15) is 0 Å². The molecule has 0 aliphatic heterocycles. The van der Waals surface area contributed by atoms with Crippen molar-refractivity contribution in [2.24, 2.45) is 0 Å². The Labute approximate surface area is 255 Å². The van der Waals surface area contributed by atoms with E-state index < -0.39 is 13.3 Å². The summed E-state index contributed by atoms with van der Waals surface area (Å²) in [6.07, 6.45) is 0. The summed E-state index contributed by atoms with van der Waals surface area (Å²) in [6.45, 7) is 10.6. The largest absolute Gasteiger partial charge is 0.377 e. The van der Waals surface area contributed by atoms with E-state index in [0.29, 0.717) is 159 Å². The van der Waals surface area contributed by atoms with Gasteiger partial charge in [-0.25, -0.2) is 8.78 Å². The van der Waals surface area contributed by atoms with Gasteiger partial charge in [0.2, 0.25) is 0 Å². The van der Waals surface area contributed by atoms with Gasteiger partial charge in [-0.05, 0) is 0 Å². The zero-order chi connectivity index (χ0) is 31.0. The van der Waals surface area contributed by atoms with Crippen LogP contribution in [0.25, 0.3) is 0 Å². The van der Waals surface area contributed by atoms with Crippen LogP contribution in [-0.4, -0.2) is 185 Å². The van der Waals surface area contributed by atoms with E-state index in [-0.39, 0.29) is 13.2 Å². The highest BCUT2D eigenvalue weighted by Gasteiger charge is 1.97. The summed E-state index contributed by atoms with van der Waals surface area (Å²) in [5.41, 5.74) is 0. The smallest absolute Gasteiger partial charge is 0.113 e. The van der Waals surface area contributed by atoms with E-state index in [4.69, 9.17) is 61.6 Å². The first kappa shape index (κ1) is 42.3. The van der Waals surface area contributed by atoms with Gasteiger partial charge in [-0.1, -0.05) is 0 Å². The SMILES string of the molecule is FCCOCCOCCOCCOCCOCCOCCOCCOCCOCCOCCOCCOCCOCCF. The van der Waals surface area contributed by atoms with Crippen LogP contribution in [0.4, 0.5) is 8.78 Å². The summed E-state index contributed by atoms with van der Waals surface area (Å²) in [6, 6.07) is 0. The quantitative estimate of drug-likeness (QED) is 0.0894. The summed E-state index contributed by atoms with van der Waals surface area (Å²) in [5.74, 6) is 0. The van der Waals surface area contributed by atoms with Gasteiger partial charge >= 0.3 is 0 Å². The monoisotopic (exact) mass is 638 g/mol. The van der Waals surface area contributed by atoms with Gasteiger partial charge in [-0.15, -0.1) is 0 Å². The first-order chi connectivity index (χ1) is 21.4.